The highest BCUT2D eigenvalue weighted by Gasteiger charge is 2.26. The molecule has 40 heavy (non-hydrogen) atoms. The molecule has 0 heterocycles. The molecule has 0 aliphatic carbocycles. The molecule has 0 bridgehead atoms. The molecule has 228 valence electrons. The van der Waals surface area contributed by atoms with Crippen molar-refractivity contribution >= 4 is 32.4 Å². The molecule has 1 unspecified atom stereocenters. The maximum absolute atomic E-state index is 12.3. The van der Waals surface area contributed by atoms with Gasteiger partial charge in [0, 0.05) is 12.3 Å². The van der Waals surface area contributed by atoms with Gasteiger partial charge >= 0.3 is 19.9 Å². The Bertz CT molecular complexity index is 913. The summed E-state index contributed by atoms with van der Waals surface area (Å²) in [5, 5.41) is 0. The molecule has 0 saturated heterocycles. The summed E-state index contributed by atoms with van der Waals surface area (Å²) in [6.07, 6.45) is 6.96. The van der Waals surface area contributed by atoms with Gasteiger partial charge < -0.3 is 29.6 Å². The Kier molecular flexibility index (Phi) is 18.9. The lowest BCUT2D eigenvalue weighted by atomic mass is 10.1. The Balaban J connectivity index is 2.44. The number of hydrogen-bond acceptors (Lipinski definition) is 10. The summed E-state index contributed by atoms with van der Waals surface area (Å²) in [6.45, 7) is 5.76. The number of ether oxygens (including phenoxy) is 4. The fourth-order valence-corrected chi connectivity index (χ4v) is 4.06. The van der Waals surface area contributed by atoms with Crippen molar-refractivity contribution in [2.75, 3.05) is 52.4 Å². The molecule has 3 N–H and O–H groups in total. The minimum absolute atomic E-state index is 0.0378. The second-order valence-electron chi connectivity index (χ2n) is 9.36. The van der Waals surface area contributed by atoms with Gasteiger partial charge in [-0.25, -0.2) is 13.9 Å². The number of hydrogen-bond donors (Lipinski definition) is 2. The first-order valence-corrected chi connectivity index (χ1v) is 15.2. The SMILES string of the molecule is C=[N+](C)CCOP(=O)(O)OC[C@@H](COCCCCCCCCCC)OC(=O)CCOC(=O)Oc1ccc(N)cc1. The number of carbonyl (C=O) groups is 2. The maximum Gasteiger partial charge on any atom is 0.513 e. The van der Waals surface area contributed by atoms with E-state index in [4.69, 9.17) is 33.7 Å². The van der Waals surface area contributed by atoms with Crippen molar-refractivity contribution in [1.29, 1.82) is 0 Å². The van der Waals surface area contributed by atoms with E-state index in [9.17, 15) is 19.0 Å². The largest absolute Gasteiger partial charge is 0.513 e. The van der Waals surface area contributed by atoms with Crippen molar-refractivity contribution in [3.8, 4) is 5.75 Å². The van der Waals surface area contributed by atoms with E-state index in [-0.39, 0.29) is 32.0 Å². The summed E-state index contributed by atoms with van der Waals surface area (Å²) in [7, 11) is -2.69. The second kappa shape index (κ2) is 21.3. The zero-order chi connectivity index (χ0) is 29.6. The third kappa shape index (κ3) is 19.5. The van der Waals surface area contributed by atoms with Crippen LogP contribution in [0.2, 0.25) is 0 Å². The lowest BCUT2D eigenvalue weighted by Crippen LogP contribution is -2.29. The summed E-state index contributed by atoms with van der Waals surface area (Å²) in [4.78, 5) is 34.0. The van der Waals surface area contributed by atoms with Crippen LogP contribution in [0.15, 0.2) is 24.3 Å². The van der Waals surface area contributed by atoms with E-state index >= 15 is 0 Å². The Morgan fingerprint density at radius 2 is 1.62 bits per heavy atom. The number of phosphoric ester groups is 1. The van der Waals surface area contributed by atoms with E-state index < -0.39 is 32.7 Å². The molecular weight excluding hydrogens is 543 g/mol. The Hall–Kier alpha value is -2.50. The average Bonchev–Trinajstić information content (AvgIpc) is 2.89. The monoisotopic (exact) mass is 589 g/mol. The molecule has 0 aromatic heterocycles. The molecule has 0 fully saturated rings. The molecule has 1 rings (SSSR count). The maximum atomic E-state index is 12.3. The van der Waals surface area contributed by atoms with E-state index in [2.05, 4.69) is 13.6 Å². The second-order valence-corrected chi connectivity index (χ2v) is 10.8. The van der Waals surface area contributed by atoms with E-state index in [0.29, 0.717) is 18.8 Å². The zero-order valence-electron chi connectivity index (χ0n) is 23.8. The minimum Gasteiger partial charge on any atom is -0.457 e. The van der Waals surface area contributed by atoms with Gasteiger partial charge in [0.25, 0.3) is 0 Å². The van der Waals surface area contributed by atoms with Gasteiger partial charge in [-0.15, -0.1) is 0 Å². The van der Waals surface area contributed by atoms with Gasteiger partial charge in [-0.05, 0) is 30.7 Å². The molecular formula is C27H46N2O10P+. The van der Waals surface area contributed by atoms with Crippen molar-refractivity contribution in [2.24, 2.45) is 0 Å². The third-order valence-electron chi connectivity index (χ3n) is 5.50. The molecule has 0 aliphatic rings. The van der Waals surface area contributed by atoms with Crippen molar-refractivity contribution < 1.29 is 51.6 Å². The van der Waals surface area contributed by atoms with Gasteiger partial charge in [0.05, 0.1) is 19.6 Å². The number of esters is 1. The Morgan fingerprint density at radius 1 is 0.975 bits per heavy atom. The first-order valence-electron chi connectivity index (χ1n) is 13.7. The average molecular weight is 590 g/mol. The van der Waals surface area contributed by atoms with Crippen LogP contribution in [0.3, 0.4) is 0 Å². The van der Waals surface area contributed by atoms with E-state index in [0.717, 1.165) is 19.3 Å². The van der Waals surface area contributed by atoms with Crippen LogP contribution < -0.4 is 10.5 Å². The van der Waals surface area contributed by atoms with Gasteiger partial charge in [0.15, 0.2) is 6.54 Å². The fourth-order valence-electron chi connectivity index (χ4n) is 3.32. The van der Waals surface area contributed by atoms with Crippen LogP contribution in [0.25, 0.3) is 0 Å². The number of benzene rings is 1. The predicted octanol–water partition coefficient (Wildman–Crippen LogP) is 4.72. The van der Waals surface area contributed by atoms with E-state index in [1.165, 1.54) is 48.8 Å². The highest BCUT2D eigenvalue weighted by Crippen LogP contribution is 2.43. The molecule has 0 saturated carbocycles. The van der Waals surface area contributed by atoms with Gasteiger partial charge in [-0.1, -0.05) is 51.9 Å². The first-order chi connectivity index (χ1) is 19.1. The minimum atomic E-state index is -4.38. The summed E-state index contributed by atoms with van der Waals surface area (Å²) in [5.74, 6) is -0.470. The number of likely N-dealkylation sites (N-methyl/N-ethyl adjacent to an activating group) is 1. The van der Waals surface area contributed by atoms with Gasteiger partial charge in [0.1, 0.15) is 38.8 Å². The highest BCUT2D eigenvalue weighted by atomic mass is 31.2. The number of anilines is 1. The first kappa shape index (κ1) is 35.5. The summed E-state index contributed by atoms with van der Waals surface area (Å²) >= 11 is 0. The third-order valence-corrected chi connectivity index (χ3v) is 6.49. The number of rotatable bonds is 23. The molecule has 0 radical (unpaired) electrons. The smallest absolute Gasteiger partial charge is 0.457 e. The fraction of sp³-hybridized carbons (Fsp3) is 0.667. The highest BCUT2D eigenvalue weighted by molar-refractivity contribution is 7.47. The quantitative estimate of drug-likeness (QED) is 0.0346. The molecule has 1 aromatic carbocycles. The molecule has 0 aliphatic heterocycles. The topological polar surface area (TPSA) is 156 Å². The summed E-state index contributed by atoms with van der Waals surface area (Å²) < 4.78 is 44.5. The van der Waals surface area contributed by atoms with Crippen molar-refractivity contribution in [1.82, 2.24) is 0 Å². The Labute approximate surface area is 237 Å². The number of carbonyl (C=O) groups excluding carboxylic acids is 2. The van der Waals surface area contributed by atoms with Crippen LogP contribution in [0.1, 0.15) is 64.7 Å². The van der Waals surface area contributed by atoms with Gasteiger partial charge in [-0.3, -0.25) is 13.8 Å². The summed E-state index contributed by atoms with van der Waals surface area (Å²) in [5.41, 5.74) is 6.10. The number of nitrogens with two attached hydrogens (primary N) is 1. The molecule has 0 amide bonds. The molecule has 2 atom stereocenters. The van der Waals surface area contributed by atoms with Crippen molar-refractivity contribution in [3.63, 3.8) is 0 Å². The normalized spacial score (nSPS) is 13.3. The lowest BCUT2D eigenvalue weighted by Gasteiger charge is -2.20. The Morgan fingerprint density at radius 3 is 2.27 bits per heavy atom. The standard InChI is InChI=1S/C27H45N2O10P/c1-4-5-6-7-8-9-10-11-18-34-21-25(22-37-40(32,33)36-20-17-29(2)3)38-26(30)16-19-35-27(31)39-24-14-12-23(28)13-15-24/h12-15,25H,2,4-11,16-22,28H2,1,3H3/p+1/t25-/m1/s1. The van der Waals surface area contributed by atoms with Crippen LogP contribution in [0, 0.1) is 0 Å². The predicted molar refractivity (Wildman–Crippen MR) is 151 cm³/mol. The van der Waals surface area contributed by atoms with Crippen LogP contribution >= 0.6 is 7.82 Å². The number of unbranched alkanes of at least 4 members (excludes halogenated alkanes) is 7. The van der Waals surface area contributed by atoms with Crippen molar-refractivity contribution in [3.05, 3.63) is 24.3 Å². The van der Waals surface area contributed by atoms with Gasteiger partial charge in [0.2, 0.25) is 0 Å². The molecule has 0 spiro atoms. The van der Waals surface area contributed by atoms with Crippen molar-refractivity contribution in [2.45, 2.75) is 70.8 Å². The number of nitrogens with zero attached hydrogens (tertiary/aromatic N) is 1. The molecule has 13 heteroatoms. The summed E-state index contributed by atoms with van der Waals surface area (Å²) in [6, 6.07) is 6.14. The number of nitrogen functional groups attached to an aromatic ring is 1. The molecule has 12 nitrogen and oxygen atoms in total. The lowest BCUT2D eigenvalue weighted by molar-refractivity contribution is -0.490. The van der Waals surface area contributed by atoms with Crippen LogP contribution in [0.5, 0.6) is 5.75 Å². The van der Waals surface area contributed by atoms with Crippen LogP contribution in [-0.2, 0) is 32.6 Å². The number of phosphoric acid groups is 1. The van der Waals surface area contributed by atoms with E-state index in [1.54, 1.807) is 19.2 Å². The molecule has 1 aromatic rings. The van der Waals surface area contributed by atoms with Gasteiger partial charge in [-0.2, -0.15) is 0 Å². The van der Waals surface area contributed by atoms with E-state index in [1.807, 2.05) is 0 Å². The zero-order valence-corrected chi connectivity index (χ0v) is 24.7. The van der Waals surface area contributed by atoms with Crippen LogP contribution in [-0.4, -0.2) is 81.0 Å². The van der Waals surface area contributed by atoms with Crippen LogP contribution in [0.4, 0.5) is 10.5 Å².